The van der Waals surface area contributed by atoms with Crippen LogP contribution in [0.3, 0.4) is 0 Å². The minimum absolute atomic E-state index is 0.385. The number of hydrogen-bond donors (Lipinski definition) is 2. The summed E-state index contributed by atoms with van der Waals surface area (Å²) in [4.78, 5) is 2.96. The quantitative estimate of drug-likeness (QED) is 0.841. The molecule has 0 amide bonds. The number of rotatable bonds is 3. The molecule has 2 fully saturated rings. The van der Waals surface area contributed by atoms with Crippen molar-refractivity contribution in [2.24, 2.45) is 5.73 Å². The fraction of sp³-hybridized carbons (Fsp3) is 0.500. The summed E-state index contributed by atoms with van der Waals surface area (Å²) in [6.07, 6.45) is 3.80. The molecule has 1 aromatic carbocycles. The molecule has 19 heavy (non-hydrogen) atoms. The predicted octanol–water partition coefficient (Wildman–Crippen LogP) is 2.62. The van der Waals surface area contributed by atoms with Gasteiger partial charge in [0, 0.05) is 24.2 Å². The monoisotopic (exact) mass is 295 g/mol. The summed E-state index contributed by atoms with van der Waals surface area (Å²) in [7, 11) is 0. The van der Waals surface area contributed by atoms with Crippen LogP contribution in [0.4, 0.5) is 5.69 Å². The number of thiocarbonyl (C=S) groups is 1. The maximum absolute atomic E-state index is 6.30. The Hall–Kier alpha value is -0.840. The molecular formula is C14H18ClN3S. The lowest BCUT2D eigenvalue weighted by molar-refractivity contribution is 0.318. The van der Waals surface area contributed by atoms with Gasteiger partial charge in [-0.3, -0.25) is 4.90 Å². The Kier molecular flexibility index (Phi) is 3.65. The van der Waals surface area contributed by atoms with Crippen molar-refractivity contribution >= 4 is 34.5 Å². The van der Waals surface area contributed by atoms with Crippen LogP contribution < -0.4 is 11.1 Å². The molecule has 0 aromatic heterocycles. The minimum atomic E-state index is 0.385. The third-order valence-electron chi connectivity index (χ3n) is 4.20. The van der Waals surface area contributed by atoms with Gasteiger partial charge in [-0.05, 0) is 44.0 Å². The zero-order chi connectivity index (χ0) is 13.4. The third kappa shape index (κ3) is 2.57. The Balaban J connectivity index is 1.75. The minimum Gasteiger partial charge on any atom is -0.389 e. The van der Waals surface area contributed by atoms with Crippen molar-refractivity contribution in [3.8, 4) is 0 Å². The molecule has 3 rings (SSSR count). The second kappa shape index (κ2) is 5.27. The van der Waals surface area contributed by atoms with Crippen molar-refractivity contribution in [3.05, 3.63) is 28.8 Å². The van der Waals surface area contributed by atoms with Crippen LogP contribution in [0, 0.1) is 0 Å². The van der Waals surface area contributed by atoms with Gasteiger partial charge in [-0.15, -0.1) is 0 Å². The summed E-state index contributed by atoms with van der Waals surface area (Å²) in [6.45, 7) is 2.45. The maximum atomic E-state index is 6.30. The van der Waals surface area contributed by atoms with Crippen LogP contribution in [0.25, 0.3) is 0 Å². The summed E-state index contributed by atoms with van der Waals surface area (Å²) in [5.74, 6) is 0. The van der Waals surface area contributed by atoms with E-state index in [0.29, 0.717) is 22.1 Å². The van der Waals surface area contributed by atoms with E-state index in [1.165, 1.54) is 32.4 Å². The van der Waals surface area contributed by atoms with Gasteiger partial charge in [-0.2, -0.15) is 0 Å². The topological polar surface area (TPSA) is 41.3 Å². The second-order valence-corrected chi connectivity index (χ2v) is 6.19. The highest BCUT2D eigenvalue weighted by molar-refractivity contribution is 7.80. The highest BCUT2D eigenvalue weighted by Gasteiger charge is 2.37. The van der Waals surface area contributed by atoms with E-state index in [1.54, 1.807) is 0 Å². The number of nitrogens with one attached hydrogen (secondary N) is 1. The largest absolute Gasteiger partial charge is 0.389 e. The molecule has 2 aliphatic rings. The first-order valence-corrected chi connectivity index (χ1v) is 7.54. The molecule has 2 atom stereocenters. The molecular weight excluding hydrogens is 278 g/mol. The van der Waals surface area contributed by atoms with Crippen LogP contribution in [0.1, 0.15) is 24.8 Å². The first kappa shape index (κ1) is 13.2. The van der Waals surface area contributed by atoms with Gasteiger partial charge in [0.2, 0.25) is 0 Å². The second-order valence-electron chi connectivity index (χ2n) is 5.34. The predicted molar refractivity (Wildman–Crippen MR) is 84.0 cm³/mol. The molecule has 0 radical (unpaired) electrons. The summed E-state index contributed by atoms with van der Waals surface area (Å²) < 4.78 is 0. The standard InChI is InChI=1S/C14H18ClN3S/c15-10-8-9(14(16)19)3-4-11(10)17-12-5-7-18-6-1-2-13(12)18/h3-4,8,12-13,17H,1-2,5-7H2,(H2,16,19). The van der Waals surface area contributed by atoms with E-state index in [2.05, 4.69) is 10.2 Å². The fourth-order valence-corrected chi connectivity index (χ4v) is 3.60. The molecule has 2 aliphatic heterocycles. The van der Waals surface area contributed by atoms with Crippen molar-refractivity contribution in [2.75, 3.05) is 18.4 Å². The van der Waals surface area contributed by atoms with Crippen molar-refractivity contribution < 1.29 is 0 Å². The van der Waals surface area contributed by atoms with Gasteiger partial charge < -0.3 is 11.1 Å². The van der Waals surface area contributed by atoms with E-state index in [-0.39, 0.29) is 0 Å². The summed E-state index contributed by atoms with van der Waals surface area (Å²) in [5, 5.41) is 4.29. The number of nitrogens with two attached hydrogens (primary N) is 1. The number of hydrogen-bond acceptors (Lipinski definition) is 3. The fourth-order valence-electron chi connectivity index (χ4n) is 3.24. The van der Waals surface area contributed by atoms with Crippen molar-refractivity contribution in [3.63, 3.8) is 0 Å². The van der Waals surface area contributed by atoms with Gasteiger partial charge in [-0.25, -0.2) is 0 Å². The Morgan fingerprint density at radius 2 is 2.21 bits per heavy atom. The molecule has 2 unspecified atom stereocenters. The average Bonchev–Trinajstić information content (AvgIpc) is 2.96. The Morgan fingerprint density at radius 1 is 1.37 bits per heavy atom. The van der Waals surface area contributed by atoms with E-state index < -0.39 is 0 Å². The van der Waals surface area contributed by atoms with Gasteiger partial charge in [0.15, 0.2) is 0 Å². The smallest absolute Gasteiger partial charge is 0.104 e. The van der Waals surface area contributed by atoms with Gasteiger partial charge in [-0.1, -0.05) is 23.8 Å². The van der Waals surface area contributed by atoms with Crippen LogP contribution in [0.2, 0.25) is 5.02 Å². The molecule has 2 saturated heterocycles. The molecule has 0 aliphatic carbocycles. The molecule has 0 spiro atoms. The molecule has 3 nitrogen and oxygen atoms in total. The van der Waals surface area contributed by atoms with Gasteiger partial charge >= 0.3 is 0 Å². The van der Waals surface area contributed by atoms with Gasteiger partial charge in [0.25, 0.3) is 0 Å². The number of halogens is 1. The van der Waals surface area contributed by atoms with Gasteiger partial charge in [0.05, 0.1) is 10.7 Å². The molecule has 3 N–H and O–H groups in total. The maximum Gasteiger partial charge on any atom is 0.104 e. The summed E-state index contributed by atoms with van der Waals surface area (Å²) in [6, 6.07) is 6.93. The number of fused-ring (bicyclic) bond motifs is 1. The SMILES string of the molecule is NC(=S)c1ccc(NC2CCN3CCCC23)c(Cl)c1. The number of benzene rings is 1. The first-order valence-electron chi connectivity index (χ1n) is 6.75. The van der Waals surface area contributed by atoms with Crippen molar-refractivity contribution in [1.29, 1.82) is 0 Å². The number of nitrogens with zero attached hydrogens (tertiary/aromatic N) is 1. The van der Waals surface area contributed by atoms with Crippen LogP contribution >= 0.6 is 23.8 Å². The van der Waals surface area contributed by atoms with E-state index in [0.717, 1.165) is 11.3 Å². The zero-order valence-corrected chi connectivity index (χ0v) is 12.3. The normalized spacial score (nSPS) is 26.4. The van der Waals surface area contributed by atoms with E-state index >= 15 is 0 Å². The Morgan fingerprint density at radius 3 is 2.95 bits per heavy atom. The Labute approximate surface area is 124 Å². The Bertz CT molecular complexity index is 505. The summed E-state index contributed by atoms with van der Waals surface area (Å²) >= 11 is 11.3. The van der Waals surface area contributed by atoms with E-state index in [4.69, 9.17) is 29.6 Å². The third-order valence-corrected chi connectivity index (χ3v) is 4.75. The zero-order valence-electron chi connectivity index (χ0n) is 10.7. The van der Waals surface area contributed by atoms with Gasteiger partial charge in [0.1, 0.15) is 4.99 Å². The van der Waals surface area contributed by atoms with Crippen molar-refractivity contribution in [1.82, 2.24) is 4.90 Å². The summed E-state index contributed by atoms with van der Waals surface area (Å²) in [5.41, 5.74) is 7.42. The van der Waals surface area contributed by atoms with E-state index in [1.807, 2.05) is 18.2 Å². The molecule has 0 bridgehead atoms. The lowest BCUT2D eigenvalue weighted by Gasteiger charge is -2.23. The van der Waals surface area contributed by atoms with Crippen LogP contribution in [0.5, 0.6) is 0 Å². The van der Waals surface area contributed by atoms with Crippen LogP contribution in [-0.4, -0.2) is 35.1 Å². The first-order chi connectivity index (χ1) is 9.15. The van der Waals surface area contributed by atoms with Crippen LogP contribution in [-0.2, 0) is 0 Å². The molecule has 1 aromatic rings. The molecule has 2 heterocycles. The van der Waals surface area contributed by atoms with Crippen molar-refractivity contribution in [2.45, 2.75) is 31.3 Å². The highest BCUT2D eigenvalue weighted by Crippen LogP contribution is 2.32. The molecule has 102 valence electrons. The molecule has 5 heteroatoms. The number of anilines is 1. The highest BCUT2D eigenvalue weighted by atomic mass is 35.5. The lowest BCUT2D eigenvalue weighted by Crippen LogP contribution is -2.33. The lowest BCUT2D eigenvalue weighted by atomic mass is 10.1. The molecule has 0 saturated carbocycles. The van der Waals surface area contributed by atoms with E-state index in [9.17, 15) is 0 Å². The average molecular weight is 296 g/mol. The van der Waals surface area contributed by atoms with Crippen LogP contribution in [0.15, 0.2) is 18.2 Å².